The van der Waals surface area contributed by atoms with Gasteiger partial charge in [-0.1, -0.05) is 6.92 Å². The monoisotopic (exact) mass is 247 g/mol. The molecule has 5 nitrogen and oxygen atoms in total. The van der Waals surface area contributed by atoms with Gasteiger partial charge in [0, 0.05) is 44.1 Å². The molecule has 2 aromatic heterocycles. The van der Waals surface area contributed by atoms with E-state index in [9.17, 15) is 0 Å². The lowest BCUT2D eigenvalue weighted by atomic mass is 10.3. The number of rotatable bonds is 7. The molecule has 0 aliphatic rings. The molecule has 5 heteroatoms. The summed E-state index contributed by atoms with van der Waals surface area (Å²) in [7, 11) is 0. The van der Waals surface area contributed by atoms with Crippen LogP contribution in [0.4, 0.5) is 0 Å². The van der Waals surface area contributed by atoms with Crippen molar-refractivity contribution in [2.24, 2.45) is 0 Å². The van der Waals surface area contributed by atoms with Gasteiger partial charge in [-0.2, -0.15) is 10.2 Å². The second-order valence-corrected chi connectivity index (χ2v) is 4.35. The van der Waals surface area contributed by atoms with Gasteiger partial charge < -0.3 is 5.32 Å². The summed E-state index contributed by atoms with van der Waals surface area (Å²) >= 11 is 0. The van der Waals surface area contributed by atoms with Crippen LogP contribution in [0.1, 0.15) is 31.5 Å². The van der Waals surface area contributed by atoms with Crippen molar-refractivity contribution in [3.05, 3.63) is 35.9 Å². The Balaban J connectivity index is 1.81. The van der Waals surface area contributed by atoms with Crippen LogP contribution in [0, 0.1) is 0 Å². The molecule has 2 aromatic rings. The summed E-state index contributed by atoms with van der Waals surface area (Å²) in [5.41, 5.74) is 2.45. The van der Waals surface area contributed by atoms with Crippen molar-refractivity contribution in [2.75, 3.05) is 0 Å². The summed E-state index contributed by atoms with van der Waals surface area (Å²) < 4.78 is 4.00. The van der Waals surface area contributed by atoms with Gasteiger partial charge in [-0.15, -0.1) is 0 Å². The van der Waals surface area contributed by atoms with Crippen molar-refractivity contribution in [3.8, 4) is 0 Å². The largest absolute Gasteiger partial charge is 0.307 e. The first-order valence-electron chi connectivity index (χ1n) is 6.56. The average Bonchev–Trinajstić information content (AvgIpc) is 2.99. The lowest BCUT2D eigenvalue weighted by Crippen LogP contribution is -2.15. The Labute approximate surface area is 108 Å². The third-order valence-electron chi connectivity index (χ3n) is 2.88. The molecule has 98 valence electrons. The Morgan fingerprint density at radius 3 is 2.89 bits per heavy atom. The van der Waals surface area contributed by atoms with Crippen molar-refractivity contribution in [3.63, 3.8) is 0 Å². The third kappa shape index (κ3) is 3.20. The fourth-order valence-corrected chi connectivity index (χ4v) is 1.98. The van der Waals surface area contributed by atoms with Crippen LogP contribution in [0.15, 0.2) is 24.7 Å². The number of aryl methyl sites for hydroxylation is 2. The van der Waals surface area contributed by atoms with Crippen LogP contribution in [0.2, 0.25) is 0 Å². The normalized spacial score (nSPS) is 11.0. The van der Waals surface area contributed by atoms with Crippen LogP contribution in [0.3, 0.4) is 0 Å². The van der Waals surface area contributed by atoms with E-state index in [1.165, 1.54) is 11.3 Å². The molecule has 18 heavy (non-hydrogen) atoms. The van der Waals surface area contributed by atoms with Gasteiger partial charge in [0.05, 0.1) is 11.9 Å². The van der Waals surface area contributed by atoms with Crippen molar-refractivity contribution < 1.29 is 0 Å². The summed E-state index contributed by atoms with van der Waals surface area (Å²) in [6.07, 6.45) is 7.00. The highest BCUT2D eigenvalue weighted by atomic mass is 15.3. The smallest absolute Gasteiger partial charge is 0.0534 e. The number of nitrogens with one attached hydrogen (secondary N) is 1. The first-order chi connectivity index (χ1) is 8.83. The SMILES string of the molecule is CCCn1cc(CNCc2ccnn2CC)cn1. The van der Waals surface area contributed by atoms with Crippen molar-refractivity contribution in [1.29, 1.82) is 0 Å². The van der Waals surface area contributed by atoms with Crippen molar-refractivity contribution in [2.45, 2.75) is 46.4 Å². The maximum absolute atomic E-state index is 4.31. The molecule has 0 aliphatic heterocycles. The predicted molar refractivity (Wildman–Crippen MR) is 71.0 cm³/mol. The predicted octanol–water partition coefficient (Wildman–Crippen LogP) is 1.80. The Hall–Kier alpha value is -1.62. The van der Waals surface area contributed by atoms with Crippen LogP contribution >= 0.6 is 0 Å². The first kappa shape index (κ1) is 12.8. The molecule has 0 atom stereocenters. The van der Waals surface area contributed by atoms with Gasteiger partial charge >= 0.3 is 0 Å². The van der Waals surface area contributed by atoms with E-state index < -0.39 is 0 Å². The summed E-state index contributed by atoms with van der Waals surface area (Å²) in [4.78, 5) is 0. The Bertz CT molecular complexity index is 471. The molecule has 1 N–H and O–H groups in total. The number of nitrogens with zero attached hydrogens (tertiary/aromatic N) is 4. The van der Waals surface area contributed by atoms with Gasteiger partial charge in [0.25, 0.3) is 0 Å². The number of hydrogen-bond donors (Lipinski definition) is 1. The minimum atomic E-state index is 0.840. The maximum atomic E-state index is 4.31. The third-order valence-corrected chi connectivity index (χ3v) is 2.88. The zero-order valence-electron chi connectivity index (χ0n) is 11.1. The topological polar surface area (TPSA) is 47.7 Å². The van der Waals surface area contributed by atoms with Gasteiger partial charge in [0.1, 0.15) is 0 Å². The molecule has 2 rings (SSSR count). The van der Waals surface area contributed by atoms with Crippen LogP contribution < -0.4 is 5.32 Å². The molecular formula is C13H21N5. The highest BCUT2D eigenvalue weighted by Gasteiger charge is 2.01. The first-order valence-corrected chi connectivity index (χ1v) is 6.56. The summed E-state index contributed by atoms with van der Waals surface area (Å²) in [5, 5.41) is 12.0. The van der Waals surface area contributed by atoms with Crippen LogP contribution in [-0.4, -0.2) is 19.6 Å². The van der Waals surface area contributed by atoms with E-state index in [1.807, 2.05) is 21.8 Å². The van der Waals surface area contributed by atoms with Gasteiger partial charge in [-0.3, -0.25) is 9.36 Å². The van der Waals surface area contributed by atoms with E-state index in [0.29, 0.717) is 0 Å². The molecule has 0 radical (unpaired) electrons. The van der Waals surface area contributed by atoms with Gasteiger partial charge in [0.15, 0.2) is 0 Å². The summed E-state index contributed by atoms with van der Waals surface area (Å²) in [6.45, 7) is 7.85. The molecule has 0 bridgehead atoms. The maximum Gasteiger partial charge on any atom is 0.0534 e. The lowest BCUT2D eigenvalue weighted by Gasteiger charge is -2.05. The van der Waals surface area contributed by atoms with Crippen LogP contribution in [0.25, 0.3) is 0 Å². The van der Waals surface area contributed by atoms with E-state index in [4.69, 9.17) is 0 Å². The summed E-state index contributed by atoms with van der Waals surface area (Å²) in [5.74, 6) is 0. The fraction of sp³-hybridized carbons (Fsp3) is 0.538. The summed E-state index contributed by atoms with van der Waals surface area (Å²) in [6, 6.07) is 2.05. The molecule has 0 aliphatic carbocycles. The minimum absolute atomic E-state index is 0.840. The fourth-order valence-electron chi connectivity index (χ4n) is 1.98. The Morgan fingerprint density at radius 2 is 2.11 bits per heavy atom. The van der Waals surface area contributed by atoms with E-state index in [2.05, 4.69) is 41.6 Å². The zero-order valence-corrected chi connectivity index (χ0v) is 11.1. The zero-order chi connectivity index (χ0) is 12.8. The Kier molecular flexibility index (Phi) is 4.52. The second-order valence-electron chi connectivity index (χ2n) is 4.35. The van der Waals surface area contributed by atoms with E-state index >= 15 is 0 Å². The molecule has 0 saturated carbocycles. The molecule has 0 unspecified atom stereocenters. The van der Waals surface area contributed by atoms with E-state index in [-0.39, 0.29) is 0 Å². The number of hydrogen-bond acceptors (Lipinski definition) is 3. The molecule has 0 spiro atoms. The molecule has 0 fully saturated rings. The highest BCUT2D eigenvalue weighted by Crippen LogP contribution is 2.01. The average molecular weight is 247 g/mol. The molecule has 0 aromatic carbocycles. The number of aromatic nitrogens is 4. The van der Waals surface area contributed by atoms with Crippen molar-refractivity contribution >= 4 is 0 Å². The van der Waals surface area contributed by atoms with E-state index in [0.717, 1.165) is 32.6 Å². The van der Waals surface area contributed by atoms with Gasteiger partial charge in [-0.05, 0) is 19.4 Å². The van der Waals surface area contributed by atoms with Crippen LogP contribution in [-0.2, 0) is 26.2 Å². The standard InChI is InChI=1S/C13H21N5/c1-3-7-17-11-12(9-16-17)8-14-10-13-5-6-15-18(13)4-2/h5-6,9,11,14H,3-4,7-8,10H2,1-2H3. The van der Waals surface area contributed by atoms with E-state index in [1.54, 1.807) is 0 Å². The lowest BCUT2D eigenvalue weighted by molar-refractivity contribution is 0.580. The molecular weight excluding hydrogens is 226 g/mol. The van der Waals surface area contributed by atoms with Gasteiger partial charge in [-0.25, -0.2) is 0 Å². The minimum Gasteiger partial charge on any atom is -0.307 e. The second kappa shape index (κ2) is 6.35. The Morgan fingerprint density at radius 1 is 1.22 bits per heavy atom. The van der Waals surface area contributed by atoms with Gasteiger partial charge in [0.2, 0.25) is 0 Å². The quantitative estimate of drug-likeness (QED) is 0.811. The molecule has 0 saturated heterocycles. The molecule has 0 amide bonds. The molecule has 2 heterocycles. The van der Waals surface area contributed by atoms with Crippen molar-refractivity contribution in [1.82, 2.24) is 24.9 Å². The van der Waals surface area contributed by atoms with Crippen LogP contribution in [0.5, 0.6) is 0 Å². The highest BCUT2D eigenvalue weighted by molar-refractivity contribution is 5.05.